The van der Waals surface area contributed by atoms with Crippen molar-refractivity contribution in [1.29, 1.82) is 5.26 Å². The normalized spacial score (nSPS) is 12.4. The monoisotopic (exact) mass is 662 g/mol. The highest BCUT2D eigenvalue weighted by atomic mass is 127. The minimum Gasteiger partial charge on any atom is -0.382 e. The van der Waals surface area contributed by atoms with E-state index < -0.39 is 24.2 Å². The Morgan fingerprint density at radius 2 is 1.94 bits per heavy atom. The molecule has 0 aliphatic carbocycles. The Labute approximate surface area is 208 Å². The predicted octanol–water partition coefficient (Wildman–Crippen LogP) is 6.47. The number of aliphatic hydroxyl groups is 1. The Morgan fingerprint density at radius 3 is 2.65 bits per heavy atom. The van der Waals surface area contributed by atoms with Crippen LogP contribution in [0.3, 0.4) is 0 Å². The van der Waals surface area contributed by atoms with Crippen molar-refractivity contribution in [2.75, 3.05) is 6.61 Å². The molecule has 0 aliphatic heterocycles. The van der Waals surface area contributed by atoms with Crippen LogP contribution in [0.25, 0.3) is 0 Å². The maximum absolute atomic E-state index is 15.2. The summed E-state index contributed by atoms with van der Waals surface area (Å²) < 4.78 is 37.9. The largest absolute Gasteiger partial charge is 0.382 e. The average Bonchev–Trinajstić information content (AvgIpc) is 2.75. The number of rotatable bonds is 7. The molecule has 0 fully saturated rings. The summed E-state index contributed by atoms with van der Waals surface area (Å²) in [5.41, 5.74) is 0.547. The maximum Gasteiger partial charge on any atom is 0.296 e. The third-order valence-corrected chi connectivity index (χ3v) is 6.42. The highest BCUT2D eigenvalue weighted by Gasteiger charge is 2.36. The number of hydrogen-bond acceptors (Lipinski definition) is 4. The van der Waals surface area contributed by atoms with Crippen LogP contribution in [0.5, 0.6) is 0 Å². The first-order valence-electron chi connectivity index (χ1n) is 8.96. The van der Waals surface area contributed by atoms with Crippen LogP contribution in [0.1, 0.15) is 34.1 Å². The molecule has 9 heteroatoms. The van der Waals surface area contributed by atoms with Crippen LogP contribution in [0.15, 0.2) is 63.7 Å². The summed E-state index contributed by atoms with van der Waals surface area (Å²) in [6, 6.07) is 16.1. The summed E-state index contributed by atoms with van der Waals surface area (Å²) in [7, 11) is 0. The van der Waals surface area contributed by atoms with Gasteiger partial charge < -0.3 is 9.84 Å². The molecule has 1 heterocycles. The van der Waals surface area contributed by atoms with E-state index in [1.807, 2.05) is 24.3 Å². The fraction of sp³-hybridized carbons (Fsp3) is 0.182. The Balaban J connectivity index is 1.88. The Hall–Kier alpha value is -1.45. The Kier molecular flexibility index (Phi) is 8.15. The fourth-order valence-electron chi connectivity index (χ4n) is 2.94. The number of halogens is 5. The number of alkyl halides is 2. The van der Waals surface area contributed by atoms with Crippen LogP contribution in [0, 0.1) is 14.9 Å². The second kappa shape index (κ2) is 10.4. The molecule has 2 aromatic carbocycles. The Bertz CT molecular complexity index is 1140. The van der Waals surface area contributed by atoms with E-state index >= 15 is 8.78 Å². The number of aliphatic hydroxyl groups excluding tert-OH is 1. The van der Waals surface area contributed by atoms with Crippen molar-refractivity contribution < 1.29 is 18.6 Å². The van der Waals surface area contributed by atoms with Gasteiger partial charge in [0.05, 0.1) is 23.9 Å². The number of ether oxygens (including phenoxy) is 1. The number of aromatic nitrogens is 1. The molecule has 1 N–H and O–H groups in total. The van der Waals surface area contributed by atoms with Crippen molar-refractivity contribution in [2.24, 2.45) is 0 Å². The molecule has 0 aliphatic rings. The fourth-order valence-corrected chi connectivity index (χ4v) is 4.19. The number of nitrogens with zero attached hydrogens (tertiary/aromatic N) is 2. The van der Waals surface area contributed by atoms with E-state index in [4.69, 9.17) is 4.74 Å². The summed E-state index contributed by atoms with van der Waals surface area (Å²) in [6.07, 6.45) is -1.39. The van der Waals surface area contributed by atoms with E-state index in [0.717, 1.165) is 19.7 Å². The van der Waals surface area contributed by atoms with E-state index in [2.05, 4.69) is 59.4 Å². The molecule has 4 nitrogen and oxygen atoms in total. The molecule has 3 aromatic rings. The van der Waals surface area contributed by atoms with E-state index in [-0.39, 0.29) is 23.4 Å². The van der Waals surface area contributed by atoms with E-state index in [9.17, 15) is 10.4 Å². The predicted molar refractivity (Wildman–Crippen MR) is 128 cm³/mol. The Morgan fingerprint density at radius 1 is 1.16 bits per heavy atom. The standard InChI is InChI=1S/C22H15Br2F2IN2O2/c23-15-5-7-18(27)14(9-15)11-31-12-22(25,26)17-8-13(10-28)4-6-16(17)21(30)19-2-1-3-20(24)29-19/h1-9,21,30H,11-12H2. The van der Waals surface area contributed by atoms with Gasteiger partial charge in [0, 0.05) is 13.6 Å². The second-order valence-corrected chi connectivity index (χ2v) is 9.52. The number of nitriles is 1. The third-order valence-electron chi connectivity index (χ3n) is 4.44. The van der Waals surface area contributed by atoms with Gasteiger partial charge >= 0.3 is 0 Å². The van der Waals surface area contributed by atoms with Gasteiger partial charge in [-0.25, -0.2) is 4.98 Å². The van der Waals surface area contributed by atoms with Crippen molar-refractivity contribution in [2.45, 2.75) is 18.6 Å². The molecule has 0 saturated carbocycles. The quantitative estimate of drug-likeness (QED) is 0.233. The van der Waals surface area contributed by atoms with Crippen LogP contribution in [0.2, 0.25) is 0 Å². The minimum absolute atomic E-state index is 0.00365. The molecule has 1 aromatic heterocycles. The molecular weight excluding hydrogens is 649 g/mol. The lowest BCUT2D eigenvalue weighted by Gasteiger charge is -2.23. The number of pyridine rings is 1. The van der Waals surface area contributed by atoms with Crippen LogP contribution in [0.4, 0.5) is 8.78 Å². The van der Waals surface area contributed by atoms with E-state index in [0.29, 0.717) is 4.60 Å². The highest BCUT2D eigenvalue weighted by molar-refractivity contribution is 14.1. The zero-order valence-electron chi connectivity index (χ0n) is 15.8. The van der Waals surface area contributed by atoms with Crippen molar-refractivity contribution in [3.8, 4) is 6.07 Å². The van der Waals surface area contributed by atoms with Crippen LogP contribution in [-0.4, -0.2) is 16.7 Å². The zero-order chi connectivity index (χ0) is 22.6. The van der Waals surface area contributed by atoms with Crippen LogP contribution < -0.4 is 0 Å². The molecule has 0 spiro atoms. The van der Waals surface area contributed by atoms with Gasteiger partial charge in [-0.2, -0.15) is 14.0 Å². The molecule has 0 radical (unpaired) electrons. The molecule has 0 amide bonds. The van der Waals surface area contributed by atoms with Crippen molar-refractivity contribution >= 4 is 54.5 Å². The molecule has 0 saturated heterocycles. The molecular formula is C22H15Br2F2IN2O2. The molecule has 0 bridgehead atoms. The summed E-state index contributed by atoms with van der Waals surface area (Å²) in [4.78, 5) is 4.16. The van der Waals surface area contributed by atoms with Crippen LogP contribution in [-0.2, 0) is 17.3 Å². The molecule has 1 unspecified atom stereocenters. The summed E-state index contributed by atoms with van der Waals surface area (Å²) in [5.74, 6) is -3.44. The zero-order valence-corrected chi connectivity index (χ0v) is 21.2. The minimum atomic E-state index is -3.44. The molecule has 1 atom stereocenters. The van der Waals surface area contributed by atoms with Gasteiger partial charge in [0.15, 0.2) is 0 Å². The number of hydrogen-bond donors (Lipinski definition) is 1. The topological polar surface area (TPSA) is 66.1 Å². The first kappa shape index (κ1) is 24.2. The SMILES string of the molecule is N#Cc1ccc(C(O)c2cccc(Br)n2)c(C(F)(F)COCc2cc(Br)ccc2I)c1. The summed E-state index contributed by atoms with van der Waals surface area (Å²) in [6.45, 7) is -0.910. The van der Waals surface area contributed by atoms with Gasteiger partial charge in [0.25, 0.3) is 5.92 Å². The maximum atomic E-state index is 15.2. The number of benzene rings is 2. The highest BCUT2D eigenvalue weighted by Crippen LogP contribution is 2.37. The van der Waals surface area contributed by atoms with E-state index in [1.165, 1.54) is 12.1 Å². The smallest absolute Gasteiger partial charge is 0.296 e. The van der Waals surface area contributed by atoms with Crippen molar-refractivity contribution in [3.05, 3.63) is 95.2 Å². The molecule has 160 valence electrons. The lowest BCUT2D eigenvalue weighted by atomic mass is 9.94. The molecule has 3 rings (SSSR count). The van der Waals surface area contributed by atoms with Crippen molar-refractivity contribution in [1.82, 2.24) is 4.98 Å². The summed E-state index contributed by atoms with van der Waals surface area (Å²) in [5, 5.41) is 19.9. The van der Waals surface area contributed by atoms with Crippen LogP contribution >= 0.6 is 54.5 Å². The van der Waals surface area contributed by atoms with Gasteiger partial charge in [-0.15, -0.1) is 0 Å². The lowest BCUT2D eigenvalue weighted by Crippen LogP contribution is -2.24. The lowest BCUT2D eigenvalue weighted by molar-refractivity contribution is -0.0887. The second-order valence-electron chi connectivity index (χ2n) is 6.63. The van der Waals surface area contributed by atoms with Gasteiger partial charge in [0.2, 0.25) is 0 Å². The summed E-state index contributed by atoms with van der Waals surface area (Å²) >= 11 is 8.69. The van der Waals surface area contributed by atoms with Gasteiger partial charge in [-0.3, -0.25) is 0 Å². The first-order valence-corrected chi connectivity index (χ1v) is 11.6. The van der Waals surface area contributed by atoms with E-state index in [1.54, 1.807) is 18.2 Å². The molecule has 31 heavy (non-hydrogen) atoms. The van der Waals surface area contributed by atoms with Gasteiger partial charge in [0.1, 0.15) is 17.3 Å². The average molecular weight is 664 g/mol. The van der Waals surface area contributed by atoms with Gasteiger partial charge in [-0.05, 0) is 92.1 Å². The van der Waals surface area contributed by atoms with Gasteiger partial charge in [-0.1, -0.05) is 28.1 Å². The third kappa shape index (κ3) is 6.08. The first-order chi connectivity index (χ1) is 14.7. The van der Waals surface area contributed by atoms with Crippen molar-refractivity contribution in [3.63, 3.8) is 0 Å².